The monoisotopic (exact) mass is 416 g/mol. The van der Waals surface area contributed by atoms with Crippen LogP contribution in [0.4, 0.5) is 5.69 Å². The first-order valence-corrected chi connectivity index (χ1v) is 11.7. The van der Waals surface area contributed by atoms with Crippen molar-refractivity contribution in [2.24, 2.45) is 16.7 Å². The van der Waals surface area contributed by atoms with Gasteiger partial charge in [-0.25, -0.2) is 0 Å². The zero-order chi connectivity index (χ0) is 21.4. The number of methoxy groups -OCH3 is 1. The molecule has 168 valence electrons. The molecule has 3 fully saturated rings. The highest BCUT2D eigenvalue weighted by Gasteiger charge is 2.61. The van der Waals surface area contributed by atoms with E-state index in [0.717, 1.165) is 56.5 Å². The fraction of sp³-hybridized carbons (Fsp3) is 0.760. The van der Waals surface area contributed by atoms with Crippen LogP contribution in [0.3, 0.4) is 0 Å². The molecule has 1 aliphatic heterocycles. The average Bonchev–Trinajstić information content (AvgIpc) is 3.08. The van der Waals surface area contributed by atoms with Gasteiger partial charge < -0.3 is 19.5 Å². The molecule has 1 aromatic rings. The van der Waals surface area contributed by atoms with Crippen molar-refractivity contribution in [3.63, 3.8) is 0 Å². The summed E-state index contributed by atoms with van der Waals surface area (Å²) in [5, 5.41) is 10.6. The van der Waals surface area contributed by atoms with Crippen molar-refractivity contribution in [2.45, 2.75) is 58.7 Å². The quantitative estimate of drug-likeness (QED) is 0.698. The van der Waals surface area contributed by atoms with E-state index >= 15 is 0 Å². The first-order valence-electron chi connectivity index (χ1n) is 11.7. The van der Waals surface area contributed by atoms with E-state index in [1.807, 2.05) is 12.1 Å². The third kappa shape index (κ3) is 3.96. The number of ether oxygens (including phenoxy) is 2. The molecule has 4 atom stereocenters. The smallest absolute Gasteiger partial charge is 0.142 e. The summed E-state index contributed by atoms with van der Waals surface area (Å²) in [5.74, 6) is 1.73. The minimum atomic E-state index is -0.317. The summed E-state index contributed by atoms with van der Waals surface area (Å²) in [4.78, 5) is 4.75. The van der Waals surface area contributed by atoms with Crippen LogP contribution < -0.4 is 9.64 Å². The van der Waals surface area contributed by atoms with Crippen molar-refractivity contribution < 1.29 is 14.6 Å². The number of piperazine rings is 1. The van der Waals surface area contributed by atoms with Gasteiger partial charge in [0.05, 0.1) is 25.0 Å². The molecule has 0 amide bonds. The first kappa shape index (κ1) is 21.9. The van der Waals surface area contributed by atoms with Crippen LogP contribution in [0, 0.1) is 16.7 Å². The molecule has 1 heterocycles. The number of anilines is 1. The summed E-state index contributed by atoms with van der Waals surface area (Å²) in [7, 11) is 1.73. The largest absolute Gasteiger partial charge is 0.495 e. The van der Waals surface area contributed by atoms with Crippen LogP contribution in [0.15, 0.2) is 24.3 Å². The van der Waals surface area contributed by atoms with Gasteiger partial charge >= 0.3 is 0 Å². The molecule has 2 bridgehead atoms. The maximum atomic E-state index is 10.6. The van der Waals surface area contributed by atoms with Gasteiger partial charge in [0.25, 0.3) is 0 Å². The topological polar surface area (TPSA) is 45.2 Å². The van der Waals surface area contributed by atoms with Crippen molar-refractivity contribution in [3.05, 3.63) is 24.3 Å². The number of fused-ring (bicyclic) bond motifs is 2. The number of benzene rings is 1. The van der Waals surface area contributed by atoms with Crippen molar-refractivity contribution >= 4 is 5.69 Å². The Morgan fingerprint density at radius 3 is 2.50 bits per heavy atom. The second-order valence-electron chi connectivity index (χ2n) is 10.4. The zero-order valence-corrected chi connectivity index (χ0v) is 19.3. The van der Waals surface area contributed by atoms with Gasteiger partial charge in [0.1, 0.15) is 5.75 Å². The van der Waals surface area contributed by atoms with E-state index in [1.165, 1.54) is 19.3 Å². The summed E-state index contributed by atoms with van der Waals surface area (Å²) in [6.45, 7) is 12.5. The van der Waals surface area contributed by atoms with Crippen LogP contribution in [0.5, 0.6) is 5.75 Å². The van der Waals surface area contributed by atoms with Crippen LogP contribution in [0.2, 0.25) is 0 Å². The van der Waals surface area contributed by atoms with E-state index in [1.54, 1.807) is 7.11 Å². The minimum absolute atomic E-state index is 0.303. The van der Waals surface area contributed by atoms with Crippen LogP contribution >= 0.6 is 0 Å². The molecule has 4 rings (SSSR count). The number of aliphatic hydroxyl groups is 1. The predicted molar refractivity (Wildman–Crippen MR) is 121 cm³/mol. The minimum Gasteiger partial charge on any atom is -0.495 e. The summed E-state index contributed by atoms with van der Waals surface area (Å²) in [6, 6.07) is 8.21. The molecule has 0 spiro atoms. The summed E-state index contributed by atoms with van der Waals surface area (Å²) < 4.78 is 11.8. The lowest BCUT2D eigenvalue weighted by Gasteiger charge is -2.39. The average molecular weight is 417 g/mol. The molecule has 5 heteroatoms. The summed E-state index contributed by atoms with van der Waals surface area (Å²) >= 11 is 0. The molecular weight excluding hydrogens is 376 g/mol. The fourth-order valence-corrected chi connectivity index (χ4v) is 6.18. The van der Waals surface area contributed by atoms with Crippen molar-refractivity contribution in [2.75, 3.05) is 51.3 Å². The molecule has 0 aromatic heterocycles. The molecule has 5 nitrogen and oxygen atoms in total. The highest BCUT2D eigenvalue weighted by atomic mass is 16.5. The number of rotatable bonds is 8. The van der Waals surface area contributed by atoms with Crippen molar-refractivity contribution in [3.8, 4) is 5.75 Å². The predicted octanol–water partition coefficient (Wildman–Crippen LogP) is 3.80. The molecule has 2 aliphatic carbocycles. The van der Waals surface area contributed by atoms with E-state index in [2.05, 4.69) is 42.7 Å². The molecule has 0 radical (unpaired) electrons. The highest BCUT2D eigenvalue weighted by molar-refractivity contribution is 5.58. The summed E-state index contributed by atoms with van der Waals surface area (Å²) in [6.07, 6.45) is 4.61. The Kier molecular flexibility index (Phi) is 6.34. The molecule has 3 aliphatic rings. The second kappa shape index (κ2) is 8.68. The Bertz CT molecular complexity index is 716. The normalized spacial score (nSPS) is 31.8. The molecule has 1 aromatic carbocycles. The van der Waals surface area contributed by atoms with Gasteiger partial charge in [0.2, 0.25) is 0 Å². The van der Waals surface area contributed by atoms with Crippen LogP contribution in [-0.4, -0.2) is 68.7 Å². The van der Waals surface area contributed by atoms with Crippen LogP contribution in [0.25, 0.3) is 0 Å². The van der Waals surface area contributed by atoms with E-state index in [9.17, 15) is 5.11 Å². The summed E-state index contributed by atoms with van der Waals surface area (Å²) in [5.41, 5.74) is 1.85. The van der Waals surface area contributed by atoms with Crippen molar-refractivity contribution in [1.29, 1.82) is 0 Å². The van der Waals surface area contributed by atoms with Gasteiger partial charge in [-0.15, -0.1) is 0 Å². The molecule has 30 heavy (non-hydrogen) atoms. The molecule has 1 N–H and O–H groups in total. The Morgan fingerprint density at radius 1 is 1.13 bits per heavy atom. The Morgan fingerprint density at radius 2 is 1.87 bits per heavy atom. The van der Waals surface area contributed by atoms with Crippen LogP contribution in [-0.2, 0) is 4.74 Å². The third-order valence-electron chi connectivity index (χ3n) is 8.75. The number of hydrogen-bond acceptors (Lipinski definition) is 5. The number of hydrogen-bond donors (Lipinski definition) is 1. The maximum Gasteiger partial charge on any atom is 0.142 e. The van der Waals surface area contributed by atoms with Gasteiger partial charge in [-0.2, -0.15) is 0 Å². The lowest BCUT2D eigenvalue weighted by Crippen LogP contribution is -2.48. The molecule has 0 unspecified atom stereocenters. The zero-order valence-electron chi connectivity index (χ0n) is 19.3. The lowest BCUT2D eigenvalue weighted by atomic mass is 9.70. The van der Waals surface area contributed by atoms with Gasteiger partial charge in [0.15, 0.2) is 0 Å². The fourth-order valence-electron chi connectivity index (χ4n) is 6.18. The van der Waals surface area contributed by atoms with E-state index < -0.39 is 0 Å². The third-order valence-corrected chi connectivity index (χ3v) is 8.75. The van der Waals surface area contributed by atoms with Crippen LogP contribution in [0.1, 0.15) is 46.5 Å². The first-order chi connectivity index (χ1) is 14.3. The molecule has 1 saturated heterocycles. The number of aliphatic hydroxyl groups excluding tert-OH is 1. The van der Waals surface area contributed by atoms with E-state index in [4.69, 9.17) is 9.47 Å². The number of β-amino-alcohol motifs (C(OH)–C–C–N with tert-alkyl or cyclic N) is 1. The van der Waals surface area contributed by atoms with E-state index in [0.29, 0.717) is 23.5 Å². The maximum absolute atomic E-state index is 10.6. The molecule has 2 saturated carbocycles. The van der Waals surface area contributed by atoms with Gasteiger partial charge in [-0.1, -0.05) is 32.9 Å². The molecular formula is C25H40N2O3. The van der Waals surface area contributed by atoms with E-state index in [-0.39, 0.29) is 6.10 Å². The Balaban J connectivity index is 1.18. The number of nitrogens with zero attached hydrogens (tertiary/aromatic N) is 2. The van der Waals surface area contributed by atoms with Gasteiger partial charge in [-0.3, -0.25) is 4.90 Å². The van der Waals surface area contributed by atoms with Crippen molar-refractivity contribution in [1.82, 2.24) is 4.90 Å². The highest BCUT2D eigenvalue weighted by Crippen LogP contribution is 2.66. The second-order valence-corrected chi connectivity index (χ2v) is 10.4. The Labute approximate surface area is 182 Å². The Hall–Kier alpha value is -1.30. The standard InChI is InChI=1S/C25H40N2O3/c1-24(2)19-9-11-25(24,3)23(17-19)30-16-10-20(28)18-26-12-14-27(15-13-26)21-7-5-6-8-22(21)29-4/h5-8,19-20,23,28H,9-18H2,1-4H3/t19-,20+,23+,25-/m1/s1. The SMILES string of the molecule is COc1ccccc1N1CCN(C[C@@H](O)CCO[C@H]2C[C@H]3CC[C@@]2(C)C3(C)C)CC1. The number of para-hydroxylation sites is 2. The van der Waals surface area contributed by atoms with Gasteiger partial charge in [-0.05, 0) is 54.6 Å². The lowest BCUT2D eigenvalue weighted by molar-refractivity contribution is -0.0564. The van der Waals surface area contributed by atoms with Gasteiger partial charge in [0, 0.05) is 39.3 Å².